The number of hydrogen-bond acceptors (Lipinski definition) is 4. The number of ether oxygens (including phenoxy) is 2. The minimum atomic E-state index is -0.311. The molecule has 0 unspecified atom stereocenters. The molecule has 0 atom stereocenters. The van der Waals surface area contributed by atoms with E-state index in [4.69, 9.17) is 9.47 Å². The van der Waals surface area contributed by atoms with Gasteiger partial charge in [0.05, 0.1) is 5.92 Å². The Hall–Kier alpha value is -2.10. The van der Waals surface area contributed by atoms with Crippen molar-refractivity contribution >= 4 is 11.9 Å². The van der Waals surface area contributed by atoms with Crippen molar-refractivity contribution in [2.45, 2.75) is 52.1 Å². The van der Waals surface area contributed by atoms with Crippen LogP contribution in [0, 0.1) is 5.92 Å². The Morgan fingerprint density at radius 2 is 1.78 bits per heavy atom. The molecule has 0 bridgehead atoms. The molecule has 1 aromatic carbocycles. The molecular formula is C19H24O4. The monoisotopic (exact) mass is 316 g/mol. The Balaban J connectivity index is 1.79. The van der Waals surface area contributed by atoms with Crippen molar-refractivity contribution in [3.8, 4) is 5.75 Å². The summed E-state index contributed by atoms with van der Waals surface area (Å²) >= 11 is 0. The summed E-state index contributed by atoms with van der Waals surface area (Å²) in [7, 11) is 0. The highest BCUT2D eigenvalue weighted by atomic mass is 16.5. The quantitative estimate of drug-likeness (QED) is 0.470. The summed E-state index contributed by atoms with van der Waals surface area (Å²) in [4.78, 5) is 23.6. The molecule has 0 saturated heterocycles. The van der Waals surface area contributed by atoms with Crippen molar-refractivity contribution in [1.29, 1.82) is 0 Å². The molecule has 4 nitrogen and oxygen atoms in total. The number of hydrogen-bond donors (Lipinski definition) is 0. The SMILES string of the molecule is C/C=C/C(=O)OC1CCC(C(=O)Oc2ccc(CC)cc2)CC1. The van der Waals surface area contributed by atoms with E-state index in [0.717, 1.165) is 6.42 Å². The van der Waals surface area contributed by atoms with Crippen molar-refractivity contribution in [2.24, 2.45) is 5.92 Å². The Bertz CT molecular complexity index is 551. The molecule has 0 amide bonds. The van der Waals surface area contributed by atoms with Gasteiger partial charge in [0.25, 0.3) is 0 Å². The second-order valence-electron chi connectivity index (χ2n) is 5.83. The van der Waals surface area contributed by atoms with E-state index in [1.165, 1.54) is 11.6 Å². The van der Waals surface area contributed by atoms with Crippen LogP contribution in [0.3, 0.4) is 0 Å². The number of carbonyl (C=O) groups is 2. The van der Waals surface area contributed by atoms with Crippen molar-refractivity contribution < 1.29 is 19.1 Å². The van der Waals surface area contributed by atoms with Gasteiger partial charge in [-0.3, -0.25) is 4.79 Å². The molecular weight excluding hydrogens is 292 g/mol. The standard InChI is InChI=1S/C19H24O4/c1-3-5-18(20)22-16-12-8-15(9-13-16)19(21)23-17-10-6-14(4-2)7-11-17/h3,5-7,10-11,15-16H,4,8-9,12-13H2,1-2H3/b5-3+. The predicted octanol–water partition coefficient (Wildman–Crippen LogP) is 3.83. The summed E-state index contributed by atoms with van der Waals surface area (Å²) in [6.45, 7) is 3.86. The fraction of sp³-hybridized carbons (Fsp3) is 0.474. The average molecular weight is 316 g/mol. The van der Waals surface area contributed by atoms with Crippen LogP contribution in [0.5, 0.6) is 5.75 Å². The number of aryl methyl sites for hydroxylation is 1. The normalized spacial score (nSPS) is 21.1. The molecule has 1 fully saturated rings. The first-order chi connectivity index (χ1) is 11.1. The second-order valence-corrected chi connectivity index (χ2v) is 5.83. The summed E-state index contributed by atoms with van der Waals surface area (Å²) < 4.78 is 10.8. The first-order valence-electron chi connectivity index (χ1n) is 8.26. The lowest BCUT2D eigenvalue weighted by Crippen LogP contribution is -2.29. The van der Waals surface area contributed by atoms with Crippen LogP contribution in [0.4, 0.5) is 0 Å². The Morgan fingerprint density at radius 3 is 2.35 bits per heavy atom. The van der Waals surface area contributed by atoms with Crippen LogP contribution in [0.15, 0.2) is 36.4 Å². The van der Waals surface area contributed by atoms with Gasteiger partial charge in [-0.25, -0.2) is 4.79 Å². The maximum absolute atomic E-state index is 12.2. The molecule has 4 heteroatoms. The number of allylic oxidation sites excluding steroid dienone is 1. The molecule has 23 heavy (non-hydrogen) atoms. The maximum Gasteiger partial charge on any atom is 0.330 e. The van der Waals surface area contributed by atoms with Gasteiger partial charge in [-0.05, 0) is 56.7 Å². The maximum atomic E-state index is 12.2. The lowest BCUT2D eigenvalue weighted by molar-refractivity contribution is -0.147. The molecule has 0 aromatic heterocycles. The largest absolute Gasteiger partial charge is 0.459 e. The van der Waals surface area contributed by atoms with Gasteiger partial charge in [0.2, 0.25) is 0 Å². The zero-order chi connectivity index (χ0) is 16.7. The summed E-state index contributed by atoms with van der Waals surface area (Å²) in [5.74, 6) is -0.0200. The molecule has 1 aliphatic carbocycles. The van der Waals surface area contributed by atoms with E-state index < -0.39 is 0 Å². The number of rotatable bonds is 5. The molecule has 1 saturated carbocycles. The zero-order valence-corrected chi connectivity index (χ0v) is 13.8. The van der Waals surface area contributed by atoms with Crippen molar-refractivity contribution in [2.75, 3.05) is 0 Å². The third-order valence-electron chi connectivity index (χ3n) is 4.14. The summed E-state index contributed by atoms with van der Waals surface area (Å²) in [6, 6.07) is 7.61. The van der Waals surface area contributed by atoms with Gasteiger partial charge in [0.15, 0.2) is 0 Å². The summed E-state index contributed by atoms with van der Waals surface area (Å²) in [5, 5.41) is 0. The van der Waals surface area contributed by atoms with Crippen LogP contribution >= 0.6 is 0 Å². The third kappa shape index (κ3) is 5.23. The molecule has 0 N–H and O–H groups in total. The lowest BCUT2D eigenvalue weighted by Gasteiger charge is -2.26. The zero-order valence-electron chi connectivity index (χ0n) is 13.8. The van der Waals surface area contributed by atoms with E-state index in [1.54, 1.807) is 13.0 Å². The topological polar surface area (TPSA) is 52.6 Å². The van der Waals surface area contributed by atoms with Crippen LogP contribution in [-0.4, -0.2) is 18.0 Å². The number of esters is 2. The van der Waals surface area contributed by atoms with Crippen LogP contribution in [0.1, 0.15) is 45.1 Å². The molecule has 124 valence electrons. The van der Waals surface area contributed by atoms with E-state index >= 15 is 0 Å². The van der Waals surface area contributed by atoms with Gasteiger partial charge in [-0.15, -0.1) is 0 Å². The first kappa shape index (κ1) is 17.3. The molecule has 0 spiro atoms. The van der Waals surface area contributed by atoms with Crippen molar-refractivity contribution in [3.05, 3.63) is 42.0 Å². The van der Waals surface area contributed by atoms with Crippen molar-refractivity contribution in [3.63, 3.8) is 0 Å². The van der Waals surface area contributed by atoms with Crippen LogP contribution in [0.25, 0.3) is 0 Å². The number of carbonyl (C=O) groups excluding carboxylic acids is 2. The van der Waals surface area contributed by atoms with E-state index in [9.17, 15) is 9.59 Å². The van der Waals surface area contributed by atoms with Gasteiger partial charge in [-0.1, -0.05) is 25.1 Å². The molecule has 0 radical (unpaired) electrons. The Kier molecular flexibility index (Phi) is 6.39. The molecule has 0 aliphatic heterocycles. The smallest absolute Gasteiger partial charge is 0.330 e. The Labute approximate surface area is 137 Å². The molecule has 2 rings (SSSR count). The fourth-order valence-corrected chi connectivity index (χ4v) is 2.75. The minimum absolute atomic E-state index is 0.0911. The average Bonchev–Trinajstić information content (AvgIpc) is 2.56. The highest BCUT2D eigenvalue weighted by Gasteiger charge is 2.29. The molecule has 1 aromatic rings. The first-order valence-corrected chi connectivity index (χ1v) is 8.26. The van der Waals surface area contributed by atoms with Gasteiger partial charge in [0, 0.05) is 6.08 Å². The van der Waals surface area contributed by atoms with Crippen LogP contribution < -0.4 is 4.74 Å². The van der Waals surface area contributed by atoms with Gasteiger partial charge >= 0.3 is 11.9 Å². The Morgan fingerprint density at radius 1 is 1.13 bits per heavy atom. The third-order valence-corrected chi connectivity index (χ3v) is 4.14. The van der Waals surface area contributed by atoms with E-state index in [1.807, 2.05) is 24.3 Å². The molecule has 1 aliphatic rings. The highest BCUT2D eigenvalue weighted by Crippen LogP contribution is 2.28. The lowest BCUT2D eigenvalue weighted by atomic mass is 9.87. The van der Waals surface area contributed by atoms with E-state index in [2.05, 4.69) is 6.92 Å². The van der Waals surface area contributed by atoms with Gasteiger partial charge in [0.1, 0.15) is 11.9 Å². The van der Waals surface area contributed by atoms with Crippen LogP contribution in [-0.2, 0) is 20.7 Å². The van der Waals surface area contributed by atoms with E-state index in [-0.39, 0.29) is 24.0 Å². The summed E-state index contributed by atoms with van der Waals surface area (Å²) in [6.07, 6.45) is 6.75. The number of benzene rings is 1. The second kappa shape index (κ2) is 8.51. The highest BCUT2D eigenvalue weighted by molar-refractivity contribution is 5.82. The van der Waals surface area contributed by atoms with E-state index in [0.29, 0.717) is 31.4 Å². The summed E-state index contributed by atoms with van der Waals surface area (Å²) in [5.41, 5.74) is 1.22. The minimum Gasteiger partial charge on any atom is -0.459 e. The van der Waals surface area contributed by atoms with Crippen molar-refractivity contribution in [1.82, 2.24) is 0 Å². The van der Waals surface area contributed by atoms with Crippen LogP contribution in [0.2, 0.25) is 0 Å². The molecule has 0 heterocycles. The fourth-order valence-electron chi connectivity index (χ4n) is 2.75. The van der Waals surface area contributed by atoms with Gasteiger partial charge in [-0.2, -0.15) is 0 Å². The van der Waals surface area contributed by atoms with Gasteiger partial charge < -0.3 is 9.47 Å². The predicted molar refractivity (Wildman–Crippen MR) is 88.1 cm³/mol.